The molecule has 1 aliphatic rings. The minimum atomic E-state index is -0.147. The lowest BCUT2D eigenvalue weighted by molar-refractivity contribution is 0.140. The maximum absolute atomic E-state index is 9.52. The summed E-state index contributed by atoms with van der Waals surface area (Å²) >= 11 is 0. The zero-order valence-corrected chi connectivity index (χ0v) is 9.20. The van der Waals surface area contributed by atoms with E-state index in [1.165, 1.54) is 11.1 Å². The summed E-state index contributed by atoms with van der Waals surface area (Å²) in [5, 5.41) is 9.52. The highest BCUT2D eigenvalue weighted by molar-refractivity contribution is 5.30. The molecule has 15 heavy (non-hydrogen) atoms. The van der Waals surface area contributed by atoms with E-state index in [0.717, 1.165) is 19.4 Å². The Morgan fingerprint density at radius 3 is 2.53 bits per heavy atom. The second-order valence-corrected chi connectivity index (χ2v) is 4.29. The van der Waals surface area contributed by atoms with Crippen LogP contribution in [0.2, 0.25) is 0 Å². The molecule has 0 aromatic heterocycles. The maximum Gasteiger partial charge on any atom is 0.0585 e. The van der Waals surface area contributed by atoms with Gasteiger partial charge in [0.2, 0.25) is 0 Å². The van der Waals surface area contributed by atoms with Gasteiger partial charge in [0.1, 0.15) is 0 Å². The van der Waals surface area contributed by atoms with Crippen molar-refractivity contribution in [3.8, 4) is 0 Å². The lowest BCUT2D eigenvalue weighted by atomic mass is 9.80. The summed E-state index contributed by atoms with van der Waals surface area (Å²) < 4.78 is 5.40. The van der Waals surface area contributed by atoms with E-state index in [1.54, 1.807) is 0 Å². The summed E-state index contributed by atoms with van der Waals surface area (Å²) in [7, 11) is 0. The Morgan fingerprint density at radius 1 is 1.33 bits per heavy atom. The molecule has 1 aromatic rings. The standard InChI is InChI=1S/C13H18O2/c1-2-11-3-5-12(6-4-11)13(9-14)7-8-15-10-13/h3-6,14H,2,7-10H2,1H3. The fourth-order valence-corrected chi connectivity index (χ4v) is 2.14. The molecule has 1 unspecified atom stereocenters. The SMILES string of the molecule is CCc1ccc(C2(CO)CCOC2)cc1. The number of aliphatic hydroxyl groups is 1. The molecule has 0 aliphatic carbocycles. The molecule has 0 radical (unpaired) electrons. The van der Waals surface area contributed by atoms with E-state index in [9.17, 15) is 5.11 Å². The van der Waals surface area contributed by atoms with Gasteiger partial charge in [-0.2, -0.15) is 0 Å². The Balaban J connectivity index is 2.26. The van der Waals surface area contributed by atoms with Crippen LogP contribution in [0, 0.1) is 0 Å². The molecular weight excluding hydrogens is 188 g/mol. The van der Waals surface area contributed by atoms with Gasteiger partial charge >= 0.3 is 0 Å². The smallest absolute Gasteiger partial charge is 0.0585 e. The zero-order valence-electron chi connectivity index (χ0n) is 9.20. The first kappa shape index (κ1) is 10.7. The molecule has 82 valence electrons. The first-order valence-electron chi connectivity index (χ1n) is 5.59. The van der Waals surface area contributed by atoms with Crippen LogP contribution < -0.4 is 0 Å². The van der Waals surface area contributed by atoms with Crippen molar-refractivity contribution in [2.75, 3.05) is 19.8 Å². The van der Waals surface area contributed by atoms with E-state index in [2.05, 4.69) is 31.2 Å². The molecule has 0 saturated carbocycles. The number of benzene rings is 1. The van der Waals surface area contributed by atoms with Crippen LogP contribution in [0.1, 0.15) is 24.5 Å². The lowest BCUT2D eigenvalue weighted by Crippen LogP contribution is -2.30. The zero-order chi connectivity index (χ0) is 10.7. The van der Waals surface area contributed by atoms with Gasteiger partial charge in [-0.3, -0.25) is 0 Å². The number of rotatable bonds is 3. The van der Waals surface area contributed by atoms with Crippen LogP contribution in [0.15, 0.2) is 24.3 Å². The number of hydrogen-bond acceptors (Lipinski definition) is 2. The summed E-state index contributed by atoms with van der Waals surface area (Å²) in [4.78, 5) is 0. The van der Waals surface area contributed by atoms with Crippen LogP contribution in [0.3, 0.4) is 0 Å². The number of aryl methyl sites for hydroxylation is 1. The molecule has 1 fully saturated rings. The van der Waals surface area contributed by atoms with Crippen molar-refractivity contribution in [3.63, 3.8) is 0 Å². The molecule has 2 rings (SSSR count). The highest BCUT2D eigenvalue weighted by atomic mass is 16.5. The topological polar surface area (TPSA) is 29.5 Å². The Bertz CT molecular complexity index is 310. The van der Waals surface area contributed by atoms with E-state index in [0.29, 0.717) is 6.61 Å². The normalized spacial score (nSPS) is 25.7. The predicted octanol–water partition coefficient (Wildman–Crippen LogP) is 1.90. The molecule has 2 nitrogen and oxygen atoms in total. The van der Waals surface area contributed by atoms with Crippen LogP contribution >= 0.6 is 0 Å². The van der Waals surface area contributed by atoms with Crippen LogP contribution in [0.25, 0.3) is 0 Å². The van der Waals surface area contributed by atoms with Crippen molar-refractivity contribution < 1.29 is 9.84 Å². The second kappa shape index (κ2) is 4.33. The molecule has 0 amide bonds. The third-order valence-electron chi connectivity index (χ3n) is 3.38. The van der Waals surface area contributed by atoms with Crippen molar-refractivity contribution in [2.45, 2.75) is 25.2 Å². The van der Waals surface area contributed by atoms with Gasteiger partial charge in [-0.15, -0.1) is 0 Å². The van der Waals surface area contributed by atoms with Crippen LogP contribution in [-0.2, 0) is 16.6 Å². The van der Waals surface area contributed by atoms with Crippen LogP contribution in [-0.4, -0.2) is 24.9 Å². The van der Waals surface area contributed by atoms with Crippen molar-refractivity contribution in [1.82, 2.24) is 0 Å². The summed E-state index contributed by atoms with van der Waals surface area (Å²) in [5.74, 6) is 0. The number of aliphatic hydroxyl groups excluding tert-OH is 1. The fourth-order valence-electron chi connectivity index (χ4n) is 2.14. The van der Waals surface area contributed by atoms with Crippen molar-refractivity contribution in [3.05, 3.63) is 35.4 Å². The van der Waals surface area contributed by atoms with E-state index >= 15 is 0 Å². The van der Waals surface area contributed by atoms with Crippen LogP contribution in [0.5, 0.6) is 0 Å². The molecule has 2 heteroatoms. The summed E-state index contributed by atoms with van der Waals surface area (Å²) in [6.07, 6.45) is 1.98. The van der Waals surface area contributed by atoms with E-state index in [4.69, 9.17) is 4.74 Å². The van der Waals surface area contributed by atoms with E-state index < -0.39 is 0 Å². The summed E-state index contributed by atoms with van der Waals surface area (Å²) in [6.45, 7) is 3.74. The molecule has 1 aromatic carbocycles. The third-order valence-corrected chi connectivity index (χ3v) is 3.38. The monoisotopic (exact) mass is 206 g/mol. The quantitative estimate of drug-likeness (QED) is 0.818. The Hall–Kier alpha value is -0.860. The highest BCUT2D eigenvalue weighted by Gasteiger charge is 2.35. The minimum absolute atomic E-state index is 0.147. The van der Waals surface area contributed by atoms with Gasteiger partial charge in [-0.25, -0.2) is 0 Å². The van der Waals surface area contributed by atoms with Gasteiger partial charge in [0, 0.05) is 12.0 Å². The van der Waals surface area contributed by atoms with E-state index in [-0.39, 0.29) is 12.0 Å². The maximum atomic E-state index is 9.52. The molecule has 1 heterocycles. The molecule has 1 saturated heterocycles. The molecular formula is C13H18O2. The minimum Gasteiger partial charge on any atom is -0.395 e. The second-order valence-electron chi connectivity index (χ2n) is 4.29. The van der Waals surface area contributed by atoms with Crippen LogP contribution in [0.4, 0.5) is 0 Å². The summed E-state index contributed by atoms with van der Waals surface area (Å²) in [5.41, 5.74) is 2.40. The predicted molar refractivity (Wildman–Crippen MR) is 60.0 cm³/mol. The first-order valence-corrected chi connectivity index (χ1v) is 5.59. The molecule has 1 atom stereocenters. The Morgan fingerprint density at radius 2 is 2.07 bits per heavy atom. The van der Waals surface area contributed by atoms with Gasteiger partial charge in [0.25, 0.3) is 0 Å². The third kappa shape index (κ3) is 1.92. The van der Waals surface area contributed by atoms with Gasteiger partial charge < -0.3 is 9.84 Å². The Kier molecular flexibility index (Phi) is 3.08. The van der Waals surface area contributed by atoms with Gasteiger partial charge in [0.15, 0.2) is 0 Å². The average Bonchev–Trinajstić information content (AvgIpc) is 2.79. The van der Waals surface area contributed by atoms with Crippen molar-refractivity contribution >= 4 is 0 Å². The fraction of sp³-hybridized carbons (Fsp3) is 0.538. The largest absolute Gasteiger partial charge is 0.395 e. The average molecular weight is 206 g/mol. The van der Waals surface area contributed by atoms with Crippen molar-refractivity contribution in [2.24, 2.45) is 0 Å². The van der Waals surface area contributed by atoms with Crippen molar-refractivity contribution in [1.29, 1.82) is 0 Å². The number of ether oxygens (including phenoxy) is 1. The summed E-state index contributed by atoms with van der Waals surface area (Å²) in [6, 6.07) is 8.55. The van der Waals surface area contributed by atoms with E-state index in [1.807, 2.05) is 0 Å². The molecule has 0 bridgehead atoms. The first-order chi connectivity index (χ1) is 7.30. The van der Waals surface area contributed by atoms with Gasteiger partial charge in [0.05, 0.1) is 13.2 Å². The number of hydrogen-bond donors (Lipinski definition) is 1. The highest BCUT2D eigenvalue weighted by Crippen LogP contribution is 2.32. The van der Waals surface area contributed by atoms with Gasteiger partial charge in [-0.05, 0) is 24.0 Å². The molecule has 1 N–H and O–H groups in total. The Labute approximate surface area is 90.9 Å². The molecule has 1 aliphatic heterocycles. The lowest BCUT2D eigenvalue weighted by Gasteiger charge is -2.25. The molecule has 0 spiro atoms. The van der Waals surface area contributed by atoms with Gasteiger partial charge in [-0.1, -0.05) is 31.2 Å².